The minimum Gasteiger partial charge on any atom is -0.368 e. The second kappa shape index (κ2) is 8.83. The van der Waals surface area contributed by atoms with Crippen molar-refractivity contribution in [2.75, 3.05) is 24.1 Å². The summed E-state index contributed by atoms with van der Waals surface area (Å²) in [4.78, 5) is 13.0. The number of piperidine rings is 1. The maximum Gasteiger partial charge on any atom is 0.246 e. The van der Waals surface area contributed by atoms with E-state index in [1.54, 1.807) is 22.8 Å². The fourth-order valence-corrected chi connectivity index (χ4v) is 5.75. The van der Waals surface area contributed by atoms with Gasteiger partial charge in [-0.3, -0.25) is 4.68 Å². The summed E-state index contributed by atoms with van der Waals surface area (Å²) in [6.07, 6.45) is 1.74. The van der Waals surface area contributed by atoms with E-state index in [0.29, 0.717) is 42.2 Å². The molecule has 3 N–H and O–H groups in total. The summed E-state index contributed by atoms with van der Waals surface area (Å²) >= 11 is 0. The largest absolute Gasteiger partial charge is 0.368 e. The molecule has 4 rings (SSSR count). The first kappa shape index (κ1) is 22.2. The second-order valence-corrected chi connectivity index (χ2v) is 10.0. The zero-order valence-electron chi connectivity index (χ0n) is 18.5. The van der Waals surface area contributed by atoms with E-state index in [1.807, 2.05) is 30.3 Å². The molecule has 10 nitrogen and oxygen atoms in total. The molecule has 11 heteroatoms. The molecule has 1 aromatic carbocycles. The molecule has 170 valence electrons. The Bertz CT molecular complexity index is 1200. The molecular weight excluding hydrogens is 428 g/mol. The van der Waals surface area contributed by atoms with Gasteiger partial charge in [0.25, 0.3) is 0 Å². The molecule has 0 aliphatic carbocycles. The van der Waals surface area contributed by atoms with Crippen molar-refractivity contribution in [3.05, 3.63) is 47.5 Å². The van der Waals surface area contributed by atoms with Crippen molar-refractivity contribution >= 4 is 27.6 Å². The molecule has 0 spiro atoms. The number of hydrogen-bond acceptors (Lipinski definition) is 8. The van der Waals surface area contributed by atoms with Crippen molar-refractivity contribution in [2.45, 2.75) is 45.1 Å². The zero-order chi connectivity index (χ0) is 22.9. The Morgan fingerprint density at radius 2 is 1.78 bits per heavy atom. The fourth-order valence-electron chi connectivity index (χ4n) is 3.91. The van der Waals surface area contributed by atoms with E-state index in [2.05, 4.69) is 32.3 Å². The van der Waals surface area contributed by atoms with Crippen LogP contribution in [0.5, 0.6) is 0 Å². The number of nitrogens with zero attached hydrogens (tertiary/aromatic N) is 6. The Morgan fingerprint density at radius 1 is 1.09 bits per heavy atom. The van der Waals surface area contributed by atoms with Crippen LogP contribution in [0, 0.1) is 19.8 Å². The molecule has 1 aliphatic rings. The minimum atomic E-state index is -3.62. The first-order valence-corrected chi connectivity index (χ1v) is 12.0. The molecule has 1 fully saturated rings. The molecule has 1 aliphatic heterocycles. The van der Waals surface area contributed by atoms with Gasteiger partial charge in [-0.05, 0) is 44.7 Å². The summed E-state index contributed by atoms with van der Waals surface area (Å²) in [7, 11) is -3.62. The number of hydrogen-bond donors (Lipinski definition) is 2. The number of para-hydroxylation sites is 1. The average molecular weight is 457 g/mol. The molecule has 0 radical (unpaired) electrons. The smallest absolute Gasteiger partial charge is 0.246 e. The number of nitrogen functional groups attached to an aromatic ring is 1. The van der Waals surface area contributed by atoms with Gasteiger partial charge in [0, 0.05) is 18.8 Å². The van der Waals surface area contributed by atoms with E-state index in [1.165, 1.54) is 0 Å². The predicted molar refractivity (Wildman–Crippen MR) is 122 cm³/mol. The van der Waals surface area contributed by atoms with Gasteiger partial charge in [-0.15, -0.1) is 0 Å². The number of sulfonamides is 1. The molecule has 32 heavy (non-hydrogen) atoms. The highest BCUT2D eigenvalue weighted by Gasteiger charge is 2.33. The van der Waals surface area contributed by atoms with Crippen LogP contribution < -0.4 is 11.1 Å². The Hall–Kier alpha value is -3.05. The number of nitrogens with two attached hydrogens (primary N) is 1. The summed E-state index contributed by atoms with van der Waals surface area (Å²) in [5, 5.41) is 7.57. The average Bonchev–Trinajstić information content (AvgIpc) is 3.02. The molecule has 0 unspecified atom stereocenters. The lowest BCUT2D eigenvalue weighted by Gasteiger charge is -2.29. The second-order valence-electron chi connectivity index (χ2n) is 8.17. The lowest BCUT2D eigenvalue weighted by molar-refractivity contribution is 0.288. The maximum atomic E-state index is 13.3. The summed E-state index contributed by atoms with van der Waals surface area (Å²) in [5.74, 6) is 1.32. The Kier molecular flexibility index (Phi) is 6.11. The van der Waals surface area contributed by atoms with Crippen LogP contribution >= 0.6 is 0 Å². The van der Waals surface area contributed by atoms with Crippen molar-refractivity contribution in [2.24, 2.45) is 5.92 Å². The van der Waals surface area contributed by atoms with E-state index in [0.717, 1.165) is 18.5 Å². The van der Waals surface area contributed by atoms with Crippen LogP contribution in [-0.4, -0.2) is 50.5 Å². The van der Waals surface area contributed by atoms with Crippen molar-refractivity contribution < 1.29 is 8.42 Å². The van der Waals surface area contributed by atoms with Crippen LogP contribution in [-0.2, 0) is 16.6 Å². The van der Waals surface area contributed by atoms with Gasteiger partial charge in [-0.25, -0.2) is 8.42 Å². The molecule has 1 saturated heterocycles. The summed E-state index contributed by atoms with van der Waals surface area (Å²) in [5.41, 5.74) is 7.72. The van der Waals surface area contributed by atoms with Crippen molar-refractivity contribution in [1.29, 1.82) is 0 Å². The van der Waals surface area contributed by atoms with Gasteiger partial charge in [0.15, 0.2) is 5.82 Å². The van der Waals surface area contributed by atoms with Crippen molar-refractivity contribution in [1.82, 2.24) is 29.0 Å². The molecule has 0 atom stereocenters. The molecular formula is C21H28N8O2S. The van der Waals surface area contributed by atoms with Gasteiger partial charge in [-0.1, -0.05) is 25.1 Å². The Labute approximate surface area is 188 Å². The van der Waals surface area contributed by atoms with Crippen LogP contribution in [0.25, 0.3) is 0 Å². The number of aryl methyl sites for hydroxylation is 1. The highest BCUT2D eigenvalue weighted by molar-refractivity contribution is 7.89. The number of benzene rings is 1. The molecule has 0 bridgehead atoms. The van der Waals surface area contributed by atoms with Gasteiger partial charge in [0.1, 0.15) is 11.4 Å². The van der Waals surface area contributed by atoms with Gasteiger partial charge >= 0.3 is 0 Å². The van der Waals surface area contributed by atoms with Crippen LogP contribution in [0.1, 0.15) is 37.0 Å². The molecule has 3 aromatic rings. The topological polar surface area (TPSA) is 132 Å². The number of aromatic nitrogens is 5. The van der Waals surface area contributed by atoms with Crippen LogP contribution in [0.15, 0.2) is 35.2 Å². The van der Waals surface area contributed by atoms with Gasteiger partial charge in [0.2, 0.25) is 21.9 Å². The van der Waals surface area contributed by atoms with Crippen molar-refractivity contribution in [3.8, 4) is 0 Å². The maximum absolute atomic E-state index is 13.3. The lowest BCUT2D eigenvalue weighted by atomic mass is 10.0. The molecule has 2 aromatic heterocycles. The molecule has 0 saturated carbocycles. The van der Waals surface area contributed by atoms with Crippen molar-refractivity contribution in [3.63, 3.8) is 0 Å². The quantitative estimate of drug-likeness (QED) is 0.578. The van der Waals surface area contributed by atoms with E-state index < -0.39 is 10.0 Å². The normalized spacial score (nSPS) is 15.7. The zero-order valence-corrected chi connectivity index (χ0v) is 19.3. The molecule has 3 heterocycles. The predicted octanol–water partition coefficient (Wildman–Crippen LogP) is 2.48. The van der Waals surface area contributed by atoms with Crippen LogP contribution in [0.3, 0.4) is 0 Å². The third-order valence-corrected chi connectivity index (χ3v) is 7.83. The fraction of sp³-hybridized carbons (Fsp3) is 0.429. The standard InChI is InChI=1S/C21H28N8O2S/c1-14-9-11-28(12-10-14)32(30,31)19-15(2)27-29(16(19)3)13-18-24-20(22)26-21(25-18)23-17-7-5-4-6-8-17/h4-8,14H,9-13H2,1-3H3,(H3,22,23,24,25,26). The summed E-state index contributed by atoms with van der Waals surface area (Å²) in [6, 6.07) is 9.48. The minimum absolute atomic E-state index is 0.0743. The van der Waals surface area contributed by atoms with Gasteiger partial charge in [-0.2, -0.15) is 24.4 Å². The number of nitrogens with one attached hydrogen (secondary N) is 1. The van der Waals surface area contributed by atoms with E-state index in [9.17, 15) is 8.42 Å². The van der Waals surface area contributed by atoms with Gasteiger partial charge < -0.3 is 11.1 Å². The summed E-state index contributed by atoms with van der Waals surface area (Å²) < 4.78 is 29.8. The SMILES string of the molecule is Cc1nn(Cc2nc(N)nc(Nc3ccccc3)n2)c(C)c1S(=O)(=O)N1CCC(C)CC1. The van der Waals surface area contributed by atoms with E-state index >= 15 is 0 Å². The van der Waals surface area contributed by atoms with E-state index in [-0.39, 0.29) is 17.4 Å². The van der Waals surface area contributed by atoms with Gasteiger partial charge in [0.05, 0.1) is 11.4 Å². The summed E-state index contributed by atoms with van der Waals surface area (Å²) in [6.45, 7) is 6.87. The van der Waals surface area contributed by atoms with Crippen LogP contribution in [0.2, 0.25) is 0 Å². The Morgan fingerprint density at radius 3 is 2.47 bits per heavy atom. The Balaban J connectivity index is 1.60. The molecule has 0 amide bonds. The third-order valence-electron chi connectivity index (χ3n) is 5.68. The first-order valence-electron chi connectivity index (χ1n) is 10.6. The monoisotopic (exact) mass is 456 g/mol. The van der Waals surface area contributed by atoms with Crippen LogP contribution in [0.4, 0.5) is 17.6 Å². The third kappa shape index (κ3) is 4.58. The number of rotatable bonds is 6. The van der Waals surface area contributed by atoms with E-state index in [4.69, 9.17) is 5.73 Å². The lowest BCUT2D eigenvalue weighted by Crippen LogP contribution is -2.38. The highest BCUT2D eigenvalue weighted by atomic mass is 32.2. The highest BCUT2D eigenvalue weighted by Crippen LogP contribution is 2.28. The number of anilines is 3. The first-order chi connectivity index (χ1) is 15.2.